The standard InChI is InChI=1S/C56H64F2N12O5/c1-36-12-13-37(2)42(28-36)32-64-22-26-66(27-23-64)53-60-49-47(68(53)33-40-10-8-9-11-44(40)57)50(72)62(7)55(75)69(49)31-39-14-17-41(45(58)29-39)34-67-46-48(61(6)54(74)70(35-71)51(46)73)59-52(67)65-24-20-63(21-25-65)30-38-15-18-43(19-16-38)56(3,4)5/h8-19,28-29,71H,20-27,30-35H2,1-7H3. The van der Waals surface area contributed by atoms with Crippen LogP contribution in [0.15, 0.2) is 104 Å². The molecule has 2 aliphatic rings. The van der Waals surface area contributed by atoms with Crippen LogP contribution >= 0.6 is 0 Å². The predicted molar refractivity (Wildman–Crippen MR) is 287 cm³/mol. The second kappa shape index (κ2) is 20.3. The Bertz CT molecular complexity index is 3720. The van der Waals surface area contributed by atoms with Crippen molar-refractivity contribution in [3.63, 3.8) is 0 Å². The van der Waals surface area contributed by atoms with Crippen LogP contribution in [0.2, 0.25) is 0 Å². The molecule has 10 rings (SSSR count). The fourth-order valence-corrected chi connectivity index (χ4v) is 10.5. The monoisotopic (exact) mass is 1020 g/mol. The summed E-state index contributed by atoms with van der Waals surface area (Å²) in [6.07, 6.45) is 0. The number of aryl methyl sites for hydroxylation is 3. The highest BCUT2D eigenvalue weighted by Gasteiger charge is 2.30. The van der Waals surface area contributed by atoms with Crippen molar-refractivity contribution in [3.05, 3.63) is 183 Å². The van der Waals surface area contributed by atoms with Crippen LogP contribution in [0.4, 0.5) is 20.7 Å². The molecule has 2 saturated heterocycles. The molecule has 75 heavy (non-hydrogen) atoms. The van der Waals surface area contributed by atoms with Crippen LogP contribution in [0.3, 0.4) is 0 Å². The highest BCUT2D eigenvalue weighted by Crippen LogP contribution is 2.28. The molecule has 19 heteroatoms. The van der Waals surface area contributed by atoms with Crippen LogP contribution in [-0.2, 0) is 59.0 Å². The zero-order valence-electron chi connectivity index (χ0n) is 43.7. The second-order valence-electron chi connectivity index (χ2n) is 21.2. The van der Waals surface area contributed by atoms with Crippen LogP contribution in [0, 0.1) is 25.5 Å². The molecule has 0 amide bonds. The number of hydrogen-bond donors (Lipinski definition) is 1. The molecule has 0 atom stereocenters. The average molecular weight is 1020 g/mol. The summed E-state index contributed by atoms with van der Waals surface area (Å²) >= 11 is 0. The van der Waals surface area contributed by atoms with Crippen molar-refractivity contribution < 1.29 is 13.9 Å². The number of benzene rings is 4. The number of imidazole rings is 2. The Morgan fingerprint density at radius 2 is 1.09 bits per heavy atom. The zero-order chi connectivity index (χ0) is 53.0. The quantitative estimate of drug-likeness (QED) is 0.165. The van der Waals surface area contributed by atoms with Crippen molar-refractivity contribution >= 4 is 34.2 Å². The topological polar surface area (TPSA) is 157 Å². The van der Waals surface area contributed by atoms with Crippen LogP contribution in [0.25, 0.3) is 22.3 Å². The van der Waals surface area contributed by atoms with Crippen LogP contribution in [0.1, 0.15) is 65.3 Å². The molecule has 2 aliphatic heterocycles. The van der Waals surface area contributed by atoms with E-state index in [-0.39, 0.29) is 52.9 Å². The van der Waals surface area contributed by atoms with Crippen molar-refractivity contribution in [3.8, 4) is 0 Å². The minimum Gasteiger partial charge on any atom is -0.376 e. The maximum atomic E-state index is 16.8. The van der Waals surface area contributed by atoms with E-state index in [4.69, 9.17) is 9.97 Å². The number of fused-ring (bicyclic) bond motifs is 2. The molecule has 17 nitrogen and oxygen atoms in total. The van der Waals surface area contributed by atoms with Gasteiger partial charge in [0, 0.05) is 90.7 Å². The molecule has 392 valence electrons. The Balaban J connectivity index is 0.958. The van der Waals surface area contributed by atoms with Gasteiger partial charge in [-0.05, 0) is 59.2 Å². The molecule has 0 spiro atoms. The van der Waals surface area contributed by atoms with Gasteiger partial charge in [-0.15, -0.1) is 0 Å². The van der Waals surface area contributed by atoms with E-state index in [9.17, 15) is 24.3 Å². The van der Waals surface area contributed by atoms with Crippen LogP contribution in [0.5, 0.6) is 0 Å². The van der Waals surface area contributed by atoms with E-state index in [1.807, 2.05) is 4.90 Å². The largest absolute Gasteiger partial charge is 0.376 e. The number of nitrogens with zero attached hydrogens (tertiary/aromatic N) is 12. The van der Waals surface area contributed by atoms with Gasteiger partial charge in [0.05, 0.1) is 19.6 Å². The lowest BCUT2D eigenvalue weighted by Crippen LogP contribution is -2.47. The maximum absolute atomic E-state index is 16.8. The Morgan fingerprint density at radius 3 is 1.69 bits per heavy atom. The third-order valence-electron chi connectivity index (χ3n) is 15.1. The fourth-order valence-electron chi connectivity index (χ4n) is 10.5. The summed E-state index contributed by atoms with van der Waals surface area (Å²) in [6, 6.07) is 26.1. The van der Waals surface area contributed by atoms with E-state index in [1.54, 1.807) is 39.5 Å². The smallest absolute Gasteiger partial charge is 0.334 e. The summed E-state index contributed by atoms with van der Waals surface area (Å²) in [7, 11) is 2.86. The second-order valence-corrected chi connectivity index (χ2v) is 21.2. The van der Waals surface area contributed by atoms with Gasteiger partial charge < -0.3 is 14.9 Å². The molecule has 8 aromatic rings. The van der Waals surface area contributed by atoms with Crippen LogP contribution in [-0.4, -0.2) is 105 Å². The first kappa shape index (κ1) is 51.0. The van der Waals surface area contributed by atoms with Crippen molar-refractivity contribution in [1.82, 2.24) is 47.2 Å². The van der Waals surface area contributed by atoms with E-state index >= 15 is 8.78 Å². The lowest BCUT2D eigenvalue weighted by molar-refractivity contribution is 0.199. The number of aliphatic hydroxyl groups excluding tert-OH is 1. The Kier molecular flexibility index (Phi) is 13.8. The van der Waals surface area contributed by atoms with Gasteiger partial charge in [0.1, 0.15) is 18.4 Å². The van der Waals surface area contributed by atoms with Gasteiger partial charge in [-0.2, -0.15) is 9.97 Å². The Labute approximate surface area is 432 Å². The molecular formula is C56H64F2N12O5. The van der Waals surface area contributed by atoms with Gasteiger partial charge >= 0.3 is 11.4 Å². The molecule has 0 saturated carbocycles. The number of aliphatic hydroxyl groups is 1. The molecule has 0 radical (unpaired) electrons. The number of anilines is 2. The minimum atomic E-state index is -0.855. The highest BCUT2D eigenvalue weighted by molar-refractivity contribution is 5.76. The summed E-state index contributed by atoms with van der Waals surface area (Å²) < 4.78 is 39.8. The first-order valence-electron chi connectivity index (χ1n) is 25.5. The first-order valence-corrected chi connectivity index (χ1v) is 25.5. The first-order chi connectivity index (χ1) is 35.9. The summed E-state index contributed by atoms with van der Waals surface area (Å²) in [5, 5.41) is 10.1. The highest BCUT2D eigenvalue weighted by atomic mass is 19.1. The third-order valence-corrected chi connectivity index (χ3v) is 15.1. The lowest BCUT2D eigenvalue weighted by Gasteiger charge is -2.35. The Morgan fingerprint density at radius 1 is 0.533 bits per heavy atom. The van der Waals surface area contributed by atoms with Gasteiger partial charge in [-0.1, -0.05) is 99.1 Å². The normalized spacial score (nSPS) is 15.0. The fraction of sp³-hybridized carbons (Fsp3) is 0.393. The number of rotatable bonds is 13. The molecule has 6 heterocycles. The van der Waals surface area contributed by atoms with Gasteiger partial charge in [0.2, 0.25) is 11.9 Å². The van der Waals surface area contributed by atoms with E-state index in [0.29, 0.717) is 75.4 Å². The maximum Gasteiger partial charge on any atom is 0.334 e. The number of halogens is 2. The molecular weight excluding hydrogens is 959 g/mol. The summed E-state index contributed by atoms with van der Waals surface area (Å²) in [5.74, 6) is -0.270. The average Bonchev–Trinajstić information content (AvgIpc) is 4.02. The van der Waals surface area contributed by atoms with Crippen LogP contribution < -0.4 is 32.3 Å². The summed E-state index contributed by atoms with van der Waals surface area (Å²) in [4.78, 5) is 74.2. The lowest BCUT2D eigenvalue weighted by atomic mass is 9.87. The van der Waals surface area contributed by atoms with Crippen molar-refractivity contribution in [2.24, 2.45) is 14.1 Å². The Hall–Kier alpha value is -7.48. The van der Waals surface area contributed by atoms with E-state index in [2.05, 4.69) is 91.8 Å². The number of piperazine rings is 2. The SMILES string of the molecule is Cc1ccc(C)c(CN2CCN(c3nc4c(c(=O)n(C)c(=O)n4Cc4ccc(Cn5c(N6CCN(Cc7ccc(C(C)(C)C)cc7)CC6)nc6c5c(=O)n(CO)c(=O)n6C)c(F)c4)n3Cc3ccccc3F)CC2)c1. The van der Waals surface area contributed by atoms with Gasteiger partial charge in [0.25, 0.3) is 11.1 Å². The van der Waals surface area contributed by atoms with E-state index < -0.39 is 40.9 Å². The van der Waals surface area contributed by atoms with Crippen molar-refractivity contribution in [2.45, 2.75) is 79.5 Å². The number of hydrogen-bond acceptors (Lipinski definition) is 11. The van der Waals surface area contributed by atoms with Gasteiger partial charge in [0.15, 0.2) is 22.3 Å². The summed E-state index contributed by atoms with van der Waals surface area (Å²) in [5.41, 5.74) is 4.73. The molecule has 0 bridgehead atoms. The minimum absolute atomic E-state index is 0.0254. The van der Waals surface area contributed by atoms with E-state index in [1.165, 1.54) is 63.2 Å². The zero-order valence-corrected chi connectivity index (χ0v) is 43.7. The molecule has 4 aromatic heterocycles. The molecule has 1 N–H and O–H groups in total. The van der Waals surface area contributed by atoms with Gasteiger partial charge in [-0.3, -0.25) is 42.2 Å². The van der Waals surface area contributed by atoms with E-state index in [0.717, 1.165) is 22.2 Å². The van der Waals surface area contributed by atoms with Crippen molar-refractivity contribution in [2.75, 3.05) is 62.2 Å². The molecule has 2 fully saturated rings. The number of aromatic nitrogens is 8. The van der Waals surface area contributed by atoms with Gasteiger partial charge in [-0.25, -0.2) is 22.9 Å². The molecule has 0 aliphatic carbocycles. The molecule has 4 aromatic carbocycles. The predicted octanol–water partition coefficient (Wildman–Crippen LogP) is 5.04. The van der Waals surface area contributed by atoms with Crippen molar-refractivity contribution in [1.29, 1.82) is 0 Å². The molecule has 0 unspecified atom stereocenters. The summed E-state index contributed by atoms with van der Waals surface area (Å²) in [6.45, 7) is 16.1. The third kappa shape index (κ3) is 9.87.